The second-order valence-electron chi connectivity index (χ2n) is 9.19. The predicted molar refractivity (Wildman–Crippen MR) is 97.4 cm³/mol. The first-order chi connectivity index (χ1) is 11.8. The van der Waals surface area contributed by atoms with Crippen molar-refractivity contribution in [1.29, 1.82) is 0 Å². The number of hydrogen-bond donors (Lipinski definition) is 0. The SMILES string of the molecule is CC(=O)OC1CCC2=C3CCC4(C)C(=O)CCC4C3CC(Cl)C2(C)C1. The minimum absolute atomic E-state index is 0.00781. The van der Waals surface area contributed by atoms with Crippen LogP contribution in [0.3, 0.4) is 0 Å². The summed E-state index contributed by atoms with van der Waals surface area (Å²) < 4.78 is 5.52. The van der Waals surface area contributed by atoms with Gasteiger partial charge >= 0.3 is 5.97 Å². The maximum Gasteiger partial charge on any atom is 0.302 e. The molecule has 0 amide bonds. The molecule has 25 heavy (non-hydrogen) atoms. The monoisotopic (exact) mass is 364 g/mol. The standard InChI is InChI=1S/C21H29ClO3/c1-12(23)25-13-4-5-16-14-8-9-20(2)17(6-7-19(20)24)15(14)10-18(22)21(16,3)11-13/h13,15,17-18H,4-11H2,1-3H3. The Morgan fingerprint density at radius 1 is 1.16 bits per heavy atom. The van der Waals surface area contributed by atoms with E-state index in [-0.39, 0.29) is 28.3 Å². The number of allylic oxidation sites excluding steroid dienone is 2. The molecule has 6 unspecified atom stereocenters. The third-order valence-electron chi connectivity index (χ3n) is 7.91. The summed E-state index contributed by atoms with van der Waals surface area (Å²) in [6.07, 6.45) is 7.53. The van der Waals surface area contributed by atoms with Crippen molar-refractivity contribution in [3.05, 3.63) is 11.1 Å². The Morgan fingerprint density at radius 2 is 1.92 bits per heavy atom. The van der Waals surface area contributed by atoms with E-state index in [2.05, 4.69) is 13.8 Å². The normalized spacial score (nSPS) is 46.3. The number of fused-ring (bicyclic) bond motifs is 4. The molecule has 138 valence electrons. The number of halogens is 1. The van der Waals surface area contributed by atoms with Gasteiger partial charge < -0.3 is 4.74 Å². The van der Waals surface area contributed by atoms with Crippen molar-refractivity contribution in [2.45, 2.75) is 83.6 Å². The number of carbonyl (C=O) groups is 2. The van der Waals surface area contributed by atoms with Gasteiger partial charge in [-0.1, -0.05) is 25.0 Å². The minimum Gasteiger partial charge on any atom is -0.463 e. The molecule has 0 N–H and O–H groups in total. The fraction of sp³-hybridized carbons (Fsp3) is 0.810. The molecule has 0 aromatic carbocycles. The highest BCUT2D eigenvalue weighted by atomic mass is 35.5. The summed E-state index contributed by atoms with van der Waals surface area (Å²) >= 11 is 6.97. The predicted octanol–water partition coefficient (Wildman–Crippen LogP) is 4.81. The van der Waals surface area contributed by atoms with Crippen molar-refractivity contribution in [2.24, 2.45) is 22.7 Å². The number of ether oxygens (including phenoxy) is 1. The quantitative estimate of drug-likeness (QED) is 0.381. The van der Waals surface area contributed by atoms with Gasteiger partial charge in [-0.25, -0.2) is 0 Å². The summed E-state index contributed by atoms with van der Waals surface area (Å²) in [7, 11) is 0. The van der Waals surface area contributed by atoms with Crippen molar-refractivity contribution in [3.63, 3.8) is 0 Å². The lowest BCUT2D eigenvalue weighted by Crippen LogP contribution is -2.49. The van der Waals surface area contributed by atoms with Gasteiger partial charge in [0.15, 0.2) is 0 Å². The van der Waals surface area contributed by atoms with E-state index in [1.165, 1.54) is 12.5 Å². The topological polar surface area (TPSA) is 43.4 Å². The Bertz CT molecular complexity index is 654. The Balaban J connectivity index is 1.68. The first kappa shape index (κ1) is 17.6. The molecule has 0 bridgehead atoms. The average Bonchev–Trinajstić information content (AvgIpc) is 2.83. The Labute approximate surface area is 155 Å². The molecular weight excluding hydrogens is 336 g/mol. The molecule has 0 aromatic heterocycles. The lowest BCUT2D eigenvalue weighted by Gasteiger charge is -2.54. The summed E-state index contributed by atoms with van der Waals surface area (Å²) in [5.41, 5.74) is 2.96. The van der Waals surface area contributed by atoms with Gasteiger partial charge in [-0.3, -0.25) is 9.59 Å². The largest absolute Gasteiger partial charge is 0.463 e. The van der Waals surface area contributed by atoms with Gasteiger partial charge in [-0.15, -0.1) is 11.6 Å². The molecule has 4 rings (SSSR count). The van der Waals surface area contributed by atoms with Gasteiger partial charge in [-0.2, -0.15) is 0 Å². The van der Waals surface area contributed by atoms with E-state index in [0.29, 0.717) is 17.6 Å². The number of carbonyl (C=O) groups excluding carboxylic acids is 2. The van der Waals surface area contributed by atoms with Crippen LogP contribution in [0.5, 0.6) is 0 Å². The number of esters is 1. The maximum atomic E-state index is 12.5. The highest BCUT2D eigenvalue weighted by molar-refractivity contribution is 6.21. The molecule has 0 aromatic rings. The lowest BCUT2D eigenvalue weighted by molar-refractivity contribution is -0.149. The number of hydrogen-bond acceptors (Lipinski definition) is 3. The first-order valence-corrected chi connectivity index (χ1v) is 10.3. The highest BCUT2D eigenvalue weighted by Crippen LogP contribution is 2.62. The van der Waals surface area contributed by atoms with E-state index in [1.54, 1.807) is 5.57 Å². The molecule has 0 aliphatic heterocycles. The van der Waals surface area contributed by atoms with Crippen LogP contribution in [0.25, 0.3) is 0 Å². The molecule has 3 fully saturated rings. The molecule has 0 spiro atoms. The molecule has 3 nitrogen and oxygen atoms in total. The van der Waals surface area contributed by atoms with Crippen LogP contribution in [0, 0.1) is 22.7 Å². The van der Waals surface area contributed by atoms with Crippen LogP contribution < -0.4 is 0 Å². The van der Waals surface area contributed by atoms with Crippen LogP contribution in [0.1, 0.15) is 72.1 Å². The van der Waals surface area contributed by atoms with Gasteiger partial charge in [0.2, 0.25) is 0 Å². The second-order valence-corrected chi connectivity index (χ2v) is 9.72. The van der Waals surface area contributed by atoms with Crippen molar-refractivity contribution < 1.29 is 14.3 Å². The van der Waals surface area contributed by atoms with Crippen LogP contribution in [0.2, 0.25) is 0 Å². The zero-order chi connectivity index (χ0) is 18.0. The van der Waals surface area contributed by atoms with Crippen LogP contribution in [0.15, 0.2) is 11.1 Å². The molecule has 4 aliphatic rings. The highest BCUT2D eigenvalue weighted by Gasteiger charge is 2.57. The smallest absolute Gasteiger partial charge is 0.302 e. The van der Waals surface area contributed by atoms with Crippen LogP contribution >= 0.6 is 11.6 Å². The van der Waals surface area contributed by atoms with Crippen molar-refractivity contribution >= 4 is 23.4 Å². The number of ketones is 1. The summed E-state index contributed by atoms with van der Waals surface area (Å²) in [4.78, 5) is 23.9. The van der Waals surface area contributed by atoms with E-state index in [9.17, 15) is 9.59 Å². The van der Waals surface area contributed by atoms with Crippen molar-refractivity contribution in [2.75, 3.05) is 0 Å². The van der Waals surface area contributed by atoms with Gasteiger partial charge in [-0.05, 0) is 56.8 Å². The summed E-state index contributed by atoms with van der Waals surface area (Å²) in [5, 5.41) is 0.0626. The molecule has 4 aliphatic carbocycles. The molecule has 3 saturated carbocycles. The minimum atomic E-state index is -0.192. The lowest BCUT2D eigenvalue weighted by atomic mass is 9.53. The van der Waals surface area contributed by atoms with Gasteiger partial charge in [0, 0.05) is 29.6 Å². The van der Waals surface area contributed by atoms with E-state index in [1.807, 2.05) is 0 Å². The fourth-order valence-electron chi connectivity index (χ4n) is 6.52. The molecule has 6 atom stereocenters. The maximum absolute atomic E-state index is 12.5. The number of alkyl halides is 1. The number of Topliss-reactive ketones (excluding diaryl/α,β-unsaturated/α-hetero) is 1. The van der Waals surface area contributed by atoms with Crippen molar-refractivity contribution in [1.82, 2.24) is 0 Å². The van der Waals surface area contributed by atoms with E-state index >= 15 is 0 Å². The van der Waals surface area contributed by atoms with Crippen molar-refractivity contribution in [3.8, 4) is 0 Å². The zero-order valence-electron chi connectivity index (χ0n) is 15.6. The fourth-order valence-corrected chi connectivity index (χ4v) is 6.94. The van der Waals surface area contributed by atoms with E-state index < -0.39 is 0 Å². The Hall–Kier alpha value is -0.830. The summed E-state index contributed by atoms with van der Waals surface area (Å²) in [6.45, 7) is 5.96. The summed E-state index contributed by atoms with van der Waals surface area (Å²) in [5.74, 6) is 1.25. The van der Waals surface area contributed by atoms with E-state index in [4.69, 9.17) is 16.3 Å². The third-order valence-corrected chi connectivity index (χ3v) is 8.57. The van der Waals surface area contributed by atoms with Crippen LogP contribution in [0.4, 0.5) is 0 Å². The third kappa shape index (κ3) is 2.52. The zero-order valence-corrected chi connectivity index (χ0v) is 16.3. The van der Waals surface area contributed by atoms with Crippen LogP contribution in [-0.2, 0) is 14.3 Å². The molecular formula is C21H29ClO3. The average molecular weight is 365 g/mol. The Kier molecular flexibility index (Phi) is 4.10. The first-order valence-electron chi connectivity index (χ1n) is 9.82. The van der Waals surface area contributed by atoms with Gasteiger partial charge in [0.1, 0.15) is 11.9 Å². The molecule has 0 saturated heterocycles. The summed E-state index contributed by atoms with van der Waals surface area (Å²) in [6, 6.07) is 0. The second kappa shape index (κ2) is 5.84. The van der Waals surface area contributed by atoms with Gasteiger partial charge in [0.05, 0.1) is 0 Å². The molecule has 4 heteroatoms. The molecule has 0 radical (unpaired) electrons. The molecule has 0 heterocycles. The Morgan fingerprint density at radius 3 is 2.64 bits per heavy atom. The van der Waals surface area contributed by atoms with Gasteiger partial charge in [0.25, 0.3) is 0 Å². The van der Waals surface area contributed by atoms with E-state index in [0.717, 1.165) is 51.4 Å². The number of rotatable bonds is 1. The van der Waals surface area contributed by atoms with Crippen LogP contribution in [-0.4, -0.2) is 23.2 Å².